The fourth-order valence-electron chi connectivity index (χ4n) is 3.16. The molecular weight excluding hydrogens is 347 g/mol. The van der Waals surface area contributed by atoms with Crippen LogP contribution in [0.2, 0.25) is 10.0 Å². The normalized spacial score (nSPS) is 21.2. The largest absolute Gasteiger partial charge is 0.356 e. The summed E-state index contributed by atoms with van der Waals surface area (Å²) in [6.45, 7) is 2.00. The molecule has 0 radical (unpaired) electrons. The van der Waals surface area contributed by atoms with Gasteiger partial charge in [0.05, 0.1) is 15.6 Å². The minimum Gasteiger partial charge on any atom is -0.356 e. The number of carbonyl (C=O) groups excluding carboxylic acids is 2. The van der Waals surface area contributed by atoms with Crippen molar-refractivity contribution in [1.29, 1.82) is 0 Å². The van der Waals surface area contributed by atoms with Gasteiger partial charge in [-0.3, -0.25) is 9.59 Å². The number of benzene rings is 1. The van der Waals surface area contributed by atoms with Gasteiger partial charge in [-0.15, -0.1) is 0 Å². The highest BCUT2D eigenvalue weighted by Crippen LogP contribution is 2.29. The monoisotopic (exact) mass is 368 g/mol. The van der Waals surface area contributed by atoms with E-state index in [0.717, 1.165) is 38.6 Å². The Kier molecular flexibility index (Phi) is 5.67. The lowest BCUT2D eigenvalue weighted by molar-refractivity contribution is -0.122. The molecule has 24 heavy (non-hydrogen) atoms. The van der Waals surface area contributed by atoms with E-state index < -0.39 is 0 Å². The summed E-state index contributed by atoms with van der Waals surface area (Å²) < 4.78 is 0. The quantitative estimate of drug-likeness (QED) is 0.879. The summed E-state index contributed by atoms with van der Waals surface area (Å²) in [5, 5.41) is 3.74. The molecule has 2 amide bonds. The summed E-state index contributed by atoms with van der Waals surface area (Å²) in [4.78, 5) is 26.5. The van der Waals surface area contributed by atoms with Crippen LogP contribution in [0.5, 0.6) is 0 Å². The first-order valence-corrected chi connectivity index (χ1v) is 9.33. The third kappa shape index (κ3) is 4.22. The van der Waals surface area contributed by atoms with Crippen LogP contribution in [0.25, 0.3) is 0 Å². The number of nitrogens with one attached hydrogen (secondary N) is 1. The third-order valence-corrected chi connectivity index (χ3v) is 5.57. The summed E-state index contributed by atoms with van der Waals surface area (Å²) in [6.07, 6.45) is 5.08. The SMILES string of the molecule is O=C(NCC1CCCCN(C(=O)c2cccc(Cl)c2Cl)C1)C1CC1. The van der Waals surface area contributed by atoms with Gasteiger partial charge in [0.25, 0.3) is 5.91 Å². The summed E-state index contributed by atoms with van der Waals surface area (Å²) in [5.41, 5.74) is 0.451. The van der Waals surface area contributed by atoms with E-state index in [1.807, 2.05) is 4.90 Å². The molecule has 2 fully saturated rings. The van der Waals surface area contributed by atoms with Crippen LogP contribution in [0.1, 0.15) is 42.5 Å². The zero-order valence-corrected chi connectivity index (χ0v) is 15.1. The summed E-state index contributed by atoms with van der Waals surface area (Å²) >= 11 is 12.2. The Labute approximate surface area is 152 Å². The number of amides is 2. The van der Waals surface area contributed by atoms with E-state index >= 15 is 0 Å². The molecular formula is C18H22Cl2N2O2. The fourth-order valence-corrected chi connectivity index (χ4v) is 3.54. The van der Waals surface area contributed by atoms with Crippen molar-refractivity contribution in [2.24, 2.45) is 11.8 Å². The lowest BCUT2D eigenvalue weighted by Gasteiger charge is -2.25. The lowest BCUT2D eigenvalue weighted by atomic mass is 10.0. The maximum absolute atomic E-state index is 12.8. The molecule has 0 bridgehead atoms. The van der Waals surface area contributed by atoms with E-state index in [0.29, 0.717) is 28.7 Å². The highest BCUT2D eigenvalue weighted by atomic mass is 35.5. The van der Waals surface area contributed by atoms with Crippen LogP contribution < -0.4 is 5.32 Å². The van der Waals surface area contributed by atoms with E-state index in [1.54, 1.807) is 18.2 Å². The average molecular weight is 369 g/mol. The molecule has 2 aliphatic rings. The van der Waals surface area contributed by atoms with Crippen LogP contribution in [0.3, 0.4) is 0 Å². The number of likely N-dealkylation sites (tertiary alicyclic amines) is 1. The summed E-state index contributed by atoms with van der Waals surface area (Å²) in [5.74, 6) is 0.591. The maximum atomic E-state index is 12.8. The Morgan fingerprint density at radius 2 is 1.96 bits per heavy atom. The second kappa shape index (κ2) is 7.75. The number of nitrogens with zero attached hydrogens (tertiary/aromatic N) is 1. The van der Waals surface area contributed by atoms with E-state index in [2.05, 4.69) is 5.32 Å². The molecule has 1 aromatic rings. The first kappa shape index (κ1) is 17.6. The van der Waals surface area contributed by atoms with Crippen LogP contribution in [-0.2, 0) is 4.79 Å². The first-order valence-electron chi connectivity index (χ1n) is 8.57. The van der Waals surface area contributed by atoms with Gasteiger partial charge >= 0.3 is 0 Å². The van der Waals surface area contributed by atoms with Crippen LogP contribution in [0.4, 0.5) is 0 Å². The first-order chi connectivity index (χ1) is 11.6. The van der Waals surface area contributed by atoms with Crippen LogP contribution >= 0.6 is 23.2 Å². The number of hydrogen-bond acceptors (Lipinski definition) is 2. The van der Waals surface area contributed by atoms with Crippen LogP contribution in [-0.4, -0.2) is 36.3 Å². The van der Waals surface area contributed by atoms with Gasteiger partial charge in [-0.05, 0) is 43.7 Å². The molecule has 1 N–H and O–H groups in total. The van der Waals surface area contributed by atoms with Gasteiger partial charge in [0.1, 0.15) is 0 Å². The molecule has 1 unspecified atom stereocenters. The highest BCUT2D eigenvalue weighted by molar-refractivity contribution is 6.43. The van der Waals surface area contributed by atoms with Crippen molar-refractivity contribution in [2.75, 3.05) is 19.6 Å². The smallest absolute Gasteiger partial charge is 0.255 e. The Bertz CT molecular complexity index is 631. The van der Waals surface area contributed by atoms with Crippen molar-refractivity contribution >= 4 is 35.0 Å². The van der Waals surface area contributed by atoms with E-state index in [4.69, 9.17) is 23.2 Å². The second-order valence-corrected chi connectivity index (χ2v) is 7.52. The van der Waals surface area contributed by atoms with Gasteiger partial charge in [0, 0.05) is 25.6 Å². The van der Waals surface area contributed by atoms with Gasteiger partial charge in [0.15, 0.2) is 0 Å². The Hall–Kier alpha value is -1.26. The molecule has 0 aromatic heterocycles. The number of carbonyl (C=O) groups is 2. The third-order valence-electron chi connectivity index (χ3n) is 4.75. The standard InChI is InChI=1S/C18H22Cl2N2O2/c19-15-6-3-5-14(16(15)20)18(24)22-9-2-1-4-12(11-22)10-21-17(23)13-7-8-13/h3,5-6,12-13H,1-2,4,7-11H2,(H,21,23). The van der Waals surface area contributed by atoms with Gasteiger partial charge in [-0.25, -0.2) is 0 Å². The van der Waals surface area contributed by atoms with Crippen molar-refractivity contribution in [3.63, 3.8) is 0 Å². The van der Waals surface area contributed by atoms with Crippen molar-refractivity contribution in [2.45, 2.75) is 32.1 Å². The van der Waals surface area contributed by atoms with E-state index in [1.165, 1.54) is 0 Å². The molecule has 1 saturated carbocycles. The molecule has 130 valence electrons. The number of rotatable bonds is 4. The predicted molar refractivity (Wildman–Crippen MR) is 95.4 cm³/mol. The van der Waals surface area contributed by atoms with Crippen LogP contribution in [0.15, 0.2) is 18.2 Å². The van der Waals surface area contributed by atoms with Gasteiger partial charge < -0.3 is 10.2 Å². The Morgan fingerprint density at radius 3 is 2.71 bits per heavy atom. The summed E-state index contributed by atoms with van der Waals surface area (Å²) in [7, 11) is 0. The molecule has 6 heteroatoms. The average Bonchev–Trinajstić information content (AvgIpc) is 3.41. The van der Waals surface area contributed by atoms with E-state index in [-0.39, 0.29) is 23.7 Å². The highest BCUT2D eigenvalue weighted by Gasteiger charge is 2.30. The second-order valence-electron chi connectivity index (χ2n) is 6.73. The lowest BCUT2D eigenvalue weighted by Crippen LogP contribution is -2.39. The Morgan fingerprint density at radius 1 is 1.17 bits per heavy atom. The maximum Gasteiger partial charge on any atom is 0.255 e. The molecule has 1 heterocycles. The zero-order valence-electron chi connectivity index (χ0n) is 13.6. The minimum absolute atomic E-state index is 0.0806. The topological polar surface area (TPSA) is 49.4 Å². The fraction of sp³-hybridized carbons (Fsp3) is 0.556. The molecule has 1 aliphatic heterocycles. The molecule has 1 atom stereocenters. The molecule has 1 aliphatic carbocycles. The Balaban J connectivity index is 1.64. The van der Waals surface area contributed by atoms with Crippen molar-refractivity contribution in [3.05, 3.63) is 33.8 Å². The molecule has 1 aromatic carbocycles. The van der Waals surface area contributed by atoms with Gasteiger partial charge in [0.2, 0.25) is 5.91 Å². The minimum atomic E-state index is -0.0806. The zero-order chi connectivity index (χ0) is 17.1. The number of halogens is 2. The van der Waals surface area contributed by atoms with Crippen LogP contribution in [0, 0.1) is 11.8 Å². The van der Waals surface area contributed by atoms with Crippen molar-refractivity contribution in [1.82, 2.24) is 10.2 Å². The van der Waals surface area contributed by atoms with Gasteiger partial charge in [-0.1, -0.05) is 35.7 Å². The molecule has 3 rings (SSSR count). The molecule has 1 saturated heterocycles. The van der Waals surface area contributed by atoms with Crippen molar-refractivity contribution < 1.29 is 9.59 Å². The van der Waals surface area contributed by atoms with E-state index in [9.17, 15) is 9.59 Å². The van der Waals surface area contributed by atoms with Gasteiger partial charge in [-0.2, -0.15) is 0 Å². The molecule has 4 nitrogen and oxygen atoms in total. The summed E-state index contributed by atoms with van der Waals surface area (Å²) in [6, 6.07) is 5.14. The number of hydrogen-bond donors (Lipinski definition) is 1. The molecule has 0 spiro atoms. The van der Waals surface area contributed by atoms with Crippen molar-refractivity contribution in [3.8, 4) is 0 Å². The predicted octanol–water partition coefficient (Wildman–Crippen LogP) is 3.76.